The zero-order valence-electron chi connectivity index (χ0n) is 11.5. The first-order valence-electron chi connectivity index (χ1n) is 6.97. The molecule has 6 heteroatoms. The number of thiophene rings is 1. The average Bonchev–Trinajstić information content (AvgIpc) is 3.11. The minimum absolute atomic E-state index is 0.0102. The number of aliphatic hydroxyl groups excluding tert-OH is 1. The molecule has 3 heterocycles. The Balaban J connectivity index is 1.68. The first-order valence-corrected chi connectivity index (χ1v) is 7.79. The lowest BCUT2D eigenvalue weighted by atomic mass is 10.1. The predicted molar refractivity (Wildman–Crippen MR) is 78.9 cm³/mol. The molecule has 0 aromatic carbocycles. The van der Waals surface area contributed by atoms with Crippen LogP contribution in [-0.4, -0.2) is 59.0 Å². The topological polar surface area (TPSA) is 60.9 Å². The van der Waals surface area contributed by atoms with E-state index in [0.29, 0.717) is 30.9 Å². The van der Waals surface area contributed by atoms with Crippen LogP contribution in [0.15, 0.2) is 12.1 Å². The molecule has 2 aliphatic rings. The highest BCUT2D eigenvalue weighted by Gasteiger charge is 2.37. The minimum Gasteiger partial charge on any atom is -0.384 e. The summed E-state index contributed by atoms with van der Waals surface area (Å²) in [6, 6.07) is 3.76. The van der Waals surface area contributed by atoms with Crippen LogP contribution in [0.2, 0.25) is 0 Å². The van der Waals surface area contributed by atoms with Crippen LogP contribution in [0.5, 0.6) is 0 Å². The lowest BCUT2D eigenvalue weighted by Crippen LogP contribution is -2.53. The van der Waals surface area contributed by atoms with Gasteiger partial charge in [0.05, 0.1) is 9.75 Å². The van der Waals surface area contributed by atoms with Crippen LogP contribution in [-0.2, 0) is 4.79 Å². The van der Waals surface area contributed by atoms with Crippen LogP contribution < -0.4 is 0 Å². The summed E-state index contributed by atoms with van der Waals surface area (Å²) in [5.74, 6) is 5.61. The molecular formula is C15H16N2O3S. The minimum atomic E-state index is -0.182. The molecule has 5 nitrogen and oxygen atoms in total. The molecule has 1 aromatic rings. The van der Waals surface area contributed by atoms with Crippen molar-refractivity contribution in [2.24, 2.45) is 0 Å². The van der Waals surface area contributed by atoms with E-state index in [-0.39, 0.29) is 24.5 Å². The quantitative estimate of drug-likeness (QED) is 0.770. The van der Waals surface area contributed by atoms with E-state index >= 15 is 0 Å². The Labute approximate surface area is 127 Å². The van der Waals surface area contributed by atoms with Crippen LogP contribution in [0, 0.1) is 11.8 Å². The maximum absolute atomic E-state index is 12.5. The van der Waals surface area contributed by atoms with Crippen molar-refractivity contribution in [3.63, 3.8) is 0 Å². The fourth-order valence-corrected chi connectivity index (χ4v) is 3.70. The van der Waals surface area contributed by atoms with E-state index in [2.05, 4.69) is 11.8 Å². The van der Waals surface area contributed by atoms with Crippen molar-refractivity contribution in [3.8, 4) is 11.8 Å². The third-order valence-electron chi connectivity index (χ3n) is 3.89. The number of carbonyl (C=O) groups is 2. The van der Waals surface area contributed by atoms with Gasteiger partial charge >= 0.3 is 0 Å². The van der Waals surface area contributed by atoms with E-state index in [1.807, 2.05) is 9.80 Å². The molecule has 0 bridgehead atoms. The average molecular weight is 304 g/mol. The van der Waals surface area contributed by atoms with Gasteiger partial charge < -0.3 is 14.9 Å². The van der Waals surface area contributed by atoms with Crippen molar-refractivity contribution in [1.82, 2.24) is 9.80 Å². The van der Waals surface area contributed by atoms with Gasteiger partial charge in [0.2, 0.25) is 5.91 Å². The SMILES string of the molecule is O=C(c1ccc(C#CCO)s1)N1CCN2C(=O)CCC2C1. The molecule has 0 spiro atoms. The highest BCUT2D eigenvalue weighted by molar-refractivity contribution is 7.14. The molecule has 2 aliphatic heterocycles. The molecule has 2 saturated heterocycles. The molecule has 1 unspecified atom stereocenters. The summed E-state index contributed by atoms with van der Waals surface area (Å²) in [7, 11) is 0. The highest BCUT2D eigenvalue weighted by Crippen LogP contribution is 2.25. The molecule has 1 aromatic heterocycles. The zero-order chi connectivity index (χ0) is 14.8. The van der Waals surface area contributed by atoms with E-state index in [9.17, 15) is 9.59 Å². The summed E-state index contributed by atoms with van der Waals surface area (Å²) in [5.41, 5.74) is 0. The molecule has 3 rings (SSSR count). The molecule has 0 radical (unpaired) electrons. The van der Waals surface area contributed by atoms with Gasteiger partial charge in [0.25, 0.3) is 5.91 Å². The first kappa shape index (κ1) is 14.1. The second kappa shape index (κ2) is 5.88. The second-order valence-electron chi connectivity index (χ2n) is 5.15. The molecule has 0 saturated carbocycles. The summed E-state index contributed by atoms with van der Waals surface area (Å²) in [6.45, 7) is 1.67. The Morgan fingerprint density at radius 1 is 1.43 bits per heavy atom. The number of rotatable bonds is 1. The molecule has 2 fully saturated rings. The van der Waals surface area contributed by atoms with Crippen LogP contribution in [0.3, 0.4) is 0 Å². The largest absolute Gasteiger partial charge is 0.384 e. The summed E-state index contributed by atoms with van der Waals surface area (Å²) >= 11 is 1.34. The Morgan fingerprint density at radius 3 is 3.10 bits per heavy atom. The monoisotopic (exact) mass is 304 g/mol. The maximum Gasteiger partial charge on any atom is 0.264 e. The van der Waals surface area contributed by atoms with Gasteiger partial charge in [0.1, 0.15) is 6.61 Å². The molecule has 1 atom stereocenters. The van der Waals surface area contributed by atoms with Gasteiger partial charge in [-0.1, -0.05) is 11.8 Å². The standard InChI is InChI=1S/C15H16N2O3S/c18-9-1-2-12-4-5-13(21-12)15(20)16-7-8-17-11(10-16)3-6-14(17)19/h4-5,11,18H,3,6-10H2. The predicted octanol–water partition coefficient (Wildman–Crippen LogP) is 0.539. The smallest absolute Gasteiger partial charge is 0.264 e. The van der Waals surface area contributed by atoms with E-state index in [1.54, 1.807) is 12.1 Å². The van der Waals surface area contributed by atoms with Crippen molar-refractivity contribution < 1.29 is 14.7 Å². The number of nitrogens with zero attached hydrogens (tertiary/aromatic N) is 2. The van der Waals surface area contributed by atoms with E-state index in [0.717, 1.165) is 11.3 Å². The lowest BCUT2D eigenvalue weighted by Gasteiger charge is -2.37. The number of hydrogen-bond donors (Lipinski definition) is 1. The number of amides is 2. The lowest BCUT2D eigenvalue weighted by molar-refractivity contribution is -0.130. The fourth-order valence-electron chi connectivity index (χ4n) is 2.85. The van der Waals surface area contributed by atoms with E-state index in [1.165, 1.54) is 11.3 Å². The van der Waals surface area contributed by atoms with Gasteiger partial charge in [0, 0.05) is 32.1 Å². The third kappa shape index (κ3) is 2.80. The van der Waals surface area contributed by atoms with Gasteiger partial charge in [0.15, 0.2) is 0 Å². The summed E-state index contributed by atoms with van der Waals surface area (Å²) in [4.78, 5) is 29.3. The second-order valence-corrected chi connectivity index (χ2v) is 6.24. The van der Waals surface area contributed by atoms with Crippen molar-refractivity contribution in [2.45, 2.75) is 18.9 Å². The Morgan fingerprint density at radius 2 is 2.29 bits per heavy atom. The number of hydrogen-bond acceptors (Lipinski definition) is 4. The van der Waals surface area contributed by atoms with Gasteiger partial charge in [-0.3, -0.25) is 9.59 Å². The highest BCUT2D eigenvalue weighted by atomic mass is 32.1. The van der Waals surface area contributed by atoms with Crippen molar-refractivity contribution in [3.05, 3.63) is 21.9 Å². The summed E-state index contributed by atoms with van der Waals surface area (Å²) < 4.78 is 0. The van der Waals surface area contributed by atoms with E-state index < -0.39 is 0 Å². The number of piperazine rings is 1. The van der Waals surface area contributed by atoms with Crippen LogP contribution in [0.1, 0.15) is 27.4 Å². The Kier molecular flexibility index (Phi) is 3.95. The molecular weight excluding hydrogens is 288 g/mol. The molecule has 2 amide bonds. The van der Waals surface area contributed by atoms with Crippen LogP contribution >= 0.6 is 11.3 Å². The van der Waals surface area contributed by atoms with Crippen LogP contribution in [0.25, 0.3) is 0 Å². The summed E-state index contributed by atoms with van der Waals surface area (Å²) in [5, 5.41) is 8.68. The van der Waals surface area contributed by atoms with Gasteiger partial charge in [-0.15, -0.1) is 11.3 Å². The molecule has 0 aliphatic carbocycles. The summed E-state index contributed by atoms with van der Waals surface area (Å²) in [6.07, 6.45) is 1.45. The molecule has 110 valence electrons. The number of carbonyl (C=O) groups excluding carboxylic acids is 2. The third-order valence-corrected chi connectivity index (χ3v) is 4.88. The van der Waals surface area contributed by atoms with Gasteiger partial charge in [-0.25, -0.2) is 0 Å². The molecule has 21 heavy (non-hydrogen) atoms. The van der Waals surface area contributed by atoms with Crippen molar-refractivity contribution in [2.75, 3.05) is 26.2 Å². The Bertz CT molecular complexity index is 628. The normalized spacial score (nSPS) is 21.0. The number of aliphatic hydroxyl groups is 1. The number of fused-ring (bicyclic) bond motifs is 1. The van der Waals surface area contributed by atoms with Crippen LogP contribution in [0.4, 0.5) is 0 Å². The van der Waals surface area contributed by atoms with Crippen molar-refractivity contribution >= 4 is 23.2 Å². The zero-order valence-corrected chi connectivity index (χ0v) is 12.4. The molecule has 1 N–H and O–H groups in total. The first-order chi connectivity index (χ1) is 10.2. The Hall–Kier alpha value is -1.84. The van der Waals surface area contributed by atoms with Gasteiger partial charge in [-0.2, -0.15) is 0 Å². The van der Waals surface area contributed by atoms with E-state index in [4.69, 9.17) is 5.11 Å². The van der Waals surface area contributed by atoms with Gasteiger partial charge in [-0.05, 0) is 18.6 Å². The van der Waals surface area contributed by atoms with Crippen molar-refractivity contribution in [1.29, 1.82) is 0 Å². The maximum atomic E-state index is 12.5. The fraction of sp³-hybridized carbons (Fsp3) is 0.467.